The fraction of sp³-hybridized carbons (Fsp3) is 0.167. The number of nitrogens with zero attached hydrogens (tertiary/aromatic N) is 4. The van der Waals surface area contributed by atoms with Crippen LogP contribution in [0, 0.1) is 5.41 Å². The lowest BCUT2D eigenvalue weighted by molar-refractivity contribution is 0.303. The molecule has 0 spiro atoms. The molecule has 2 heterocycles. The number of amidine groups is 1. The number of nitrogens with two attached hydrogens (primary N) is 1. The van der Waals surface area contributed by atoms with Crippen LogP contribution in [0.4, 0.5) is 5.13 Å². The second-order valence-electron chi connectivity index (χ2n) is 2.57. The Balaban J connectivity index is 2.05. The van der Waals surface area contributed by atoms with Gasteiger partial charge < -0.3 is 11.1 Å². The van der Waals surface area contributed by atoms with E-state index in [0.29, 0.717) is 17.4 Å². The molecule has 0 aromatic carbocycles. The van der Waals surface area contributed by atoms with Crippen molar-refractivity contribution >= 4 is 22.3 Å². The Bertz CT molecular complexity index is 450. The molecule has 8 nitrogen and oxygen atoms in total. The molecule has 2 rings (SSSR count). The van der Waals surface area contributed by atoms with E-state index < -0.39 is 0 Å². The summed E-state index contributed by atoms with van der Waals surface area (Å²) < 4.78 is 4.48. The topological polar surface area (TPSA) is 127 Å². The summed E-state index contributed by atoms with van der Waals surface area (Å²) in [4.78, 5) is 0. The molecule has 0 amide bonds. The molecular weight excluding hydrogens is 218 g/mol. The standard InChI is InChI=1S/C6H7N7OS/c7-5(8)4-3(12-14-13-4)1-9-6-11-10-2-15-6/h2H,1H2,(H3,7,8)(H,9,11). The van der Waals surface area contributed by atoms with E-state index in [1.165, 1.54) is 11.3 Å². The first kappa shape index (κ1) is 9.52. The molecule has 15 heavy (non-hydrogen) atoms. The van der Waals surface area contributed by atoms with Gasteiger partial charge in [-0.2, -0.15) is 0 Å². The first-order valence-corrected chi connectivity index (χ1v) is 4.81. The van der Waals surface area contributed by atoms with Crippen LogP contribution in [-0.4, -0.2) is 26.3 Å². The molecule has 0 aliphatic heterocycles. The van der Waals surface area contributed by atoms with Crippen LogP contribution in [0.1, 0.15) is 11.4 Å². The van der Waals surface area contributed by atoms with E-state index in [4.69, 9.17) is 11.1 Å². The number of nitrogens with one attached hydrogen (secondary N) is 2. The number of hydrogen-bond acceptors (Lipinski definition) is 8. The summed E-state index contributed by atoms with van der Waals surface area (Å²) in [6, 6.07) is 0. The van der Waals surface area contributed by atoms with Gasteiger partial charge in [0.25, 0.3) is 0 Å². The molecule has 78 valence electrons. The maximum Gasteiger partial charge on any atom is 0.205 e. The zero-order valence-electron chi connectivity index (χ0n) is 7.47. The first-order valence-electron chi connectivity index (χ1n) is 3.93. The van der Waals surface area contributed by atoms with Crippen molar-refractivity contribution in [3.8, 4) is 0 Å². The highest BCUT2D eigenvalue weighted by molar-refractivity contribution is 7.13. The minimum absolute atomic E-state index is 0.176. The Morgan fingerprint density at radius 2 is 2.47 bits per heavy atom. The van der Waals surface area contributed by atoms with Gasteiger partial charge in [-0.15, -0.1) is 10.2 Å². The predicted octanol–water partition coefficient (Wildman–Crippen LogP) is -0.183. The second kappa shape index (κ2) is 4.00. The fourth-order valence-electron chi connectivity index (χ4n) is 0.936. The summed E-state index contributed by atoms with van der Waals surface area (Å²) in [5.41, 5.74) is 7.59. The lowest BCUT2D eigenvalue weighted by Gasteiger charge is -1.98. The van der Waals surface area contributed by atoms with Crippen molar-refractivity contribution in [1.29, 1.82) is 5.41 Å². The second-order valence-corrected chi connectivity index (χ2v) is 3.40. The zero-order chi connectivity index (χ0) is 10.7. The van der Waals surface area contributed by atoms with Crippen molar-refractivity contribution in [2.45, 2.75) is 6.54 Å². The summed E-state index contributed by atoms with van der Waals surface area (Å²) in [6.45, 7) is 0.341. The predicted molar refractivity (Wildman–Crippen MR) is 52.5 cm³/mol. The molecule has 0 saturated carbocycles. The SMILES string of the molecule is N=C(N)c1nonc1CNc1nncs1. The number of aromatic nitrogens is 4. The van der Waals surface area contributed by atoms with Crippen molar-refractivity contribution in [3.63, 3.8) is 0 Å². The highest BCUT2D eigenvalue weighted by atomic mass is 32.1. The Labute approximate surface area is 88.0 Å². The third kappa shape index (κ3) is 2.07. The Morgan fingerprint density at radius 1 is 1.60 bits per heavy atom. The van der Waals surface area contributed by atoms with Crippen LogP contribution in [0.25, 0.3) is 0 Å². The van der Waals surface area contributed by atoms with Crippen LogP contribution in [-0.2, 0) is 6.54 Å². The summed E-state index contributed by atoms with van der Waals surface area (Å²) in [5.74, 6) is -0.176. The van der Waals surface area contributed by atoms with Crippen LogP contribution in [0.15, 0.2) is 10.1 Å². The molecule has 0 radical (unpaired) electrons. The molecule has 4 N–H and O–H groups in total. The van der Waals surface area contributed by atoms with Gasteiger partial charge in [0.2, 0.25) is 5.13 Å². The molecule has 0 fully saturated rings. The van der Waals surface area contributed by atoms with E-state index in [1.807, 2.05) is 0 Å². The van der Waals surface area contributed by atoms with Crippen molar-refractivity contribution in [2.24, 2.45) is 5.73 Å². The third-order valence-electron chi connectivity index (χ3n) is 1.58. The molecule has 2 aromatic rings. The van der Waals surface area contributed by atoms with E-state index in [-0.39, 0.29) is 11.5 Å². The monoisotopic (exact) mass is 225 g/mol. The molecule has 0 aliphatic rings. The van der Waals surface area contributed by atoms with Crippen molar-refractivity contribution < 1.29 is 4.63 Å². The lowest BCUT2D eigenvalue weighted by atomic mass is 10.3. The van der Waals surface area contributed by atoms with Crippen LogP contribution in [0.2, 0.25) is 0 Å². The highest BCUT2D eigenvalue weighted by Gasteiger charge is 2.12. The van der Waals surface area contributed by atoms with Crippen LogP contribution >= 0.6 is 11.3 Å². The Hall–Kier alpha value is -2.03. The summed E-state index contributed by atoms with van der Waals surface area (Å²) in [5, 5.41) is 25.4. The highest BCUT2D eigenvalue weighted by Crippen LogP contribution is 2.10. The van der Waals surface area contributed by atoms with Gasteiger partial charge in [0.05, 0.1) is 6.54 Å². The van der Waals surface area contributed by atoms with Gasteiger partial charge in [0.15, 0.2) is 5.69 Å². The minimum Gasteiger partial charge on any atom is -0.382 e. The zero-order valence-corrected chi connectivity index (χ0v) is 8.28. The van der Waals surface area contributed by atoms with Crippen LogP contribution < -0.4 is 11.1 Å². The number of hydrogen-bond donors (Lipinski definition) is 3. The van der Waals surface area contributed by atoms with E-state index >= 15 is 0 Å². The molecule has 0 bridgehead atoms. The van der Waals surface area contributed by atoms with Crippen LogP contribution in [0.3, 0.4) is 0 Å². The minimum atomic E-state index is -0.176. The fourth-order valence-corrected chi connectivity index (χ4v) is 1.38. The van der Waals surface area contributed by atoms with Gasteiger partial charge in [-0.3, -0.25) is 5.41 Å². The summed E-state index contributed by atoms with van der Waals surface area (Å²) >= 11 is 1.36. The molecule has 0 unspecified atom stereocenters. The molecule has 9 heteroatoms. The maximum absolute atomic E-state index is 7.21. The normalized spacial score (nSPS) is 10.1. The van der Waals surface area contributed by atoms with E-state index in [2.05, 4.69) is 30.5 Å². The maximum atomic E-state index is 7.21. The molecule has 2 aromatic heterocycles. The Morgan fingerprint density at radius 3 is 3.13 bits per heavy atom. The van der Waals surface area contributed by atoms with Crippen molar-refractivity contribution in [1.82, 2.24) is 20.5 Å². The van der Waals surface area contributed by atoms with Crippen molar-refractivity contribution in [2.75, 3.05) is 5.32 Å². The number of anilines is 1. The van der Waals surface area contributed by atoms with Gasteiger partial charge in [0, 0.05) is 0 Å². The molecule has 0 atom stereocenters. The van der Waals surface area contributed by atoms with E-state index in [0.717, 1.165) is 0 Å². The average molecular weight is 225 g/mol. The van der Waals surface area contributed by atoms with Gasteiger partial charge in [-0.05, 0) is 5.16 Å². The molecule has 0 saturated heterocycles. The number of rotatable bonds is 4. The van der Waals surface area contributed by atoms with Crippen LogP contribution in [0.5, 0.6) is 0 Å². The van der Waals surface area contributed by atoms with Gasteiger partial charge in [-0.1, -0.05) is 16.5 Å². The van der Waals surface area contributed by atoms with Gasteiger partial charge in [-0.25, -0.2) is 4.63 Å². The number of nitrogen functional groups attached to an aromatic ring is 1. The smallest absolute Gasteiger partial charge is 0.205 e. The summed E-state index contributed by atoms with van der Waals surface area (Å²) in [7, 11) is 0. The largest absolute Gasteiger partial charge is 0.382 e. The lowest BCUT2D eigenvalue weighted by Crippen LogP contribution is -2.15. The molecule has 0 aliphatic carbocycles. The van der Waals surface area contributed by atoms with E-state index in [9.17, 15) is 0 Å². The average Bonchev–Trinajstić information content (AvgIpc) is 2.86. The molecular formula is C6H7N7OS. The van der Waals surface area contributed by atoms with Gasteiger partial charge in [0.1, 0.15) is 17.0 Å². The van der Waals surface area contributed by atoms with Crippen molar-refractivity contribution in [3.05, 3.63) is 16.9 Å². The van der Waals surface area contributed by atoms with Gasteiger partial charge >= 0.3 is 0 Å². The van der Waals surface area contributed by atoms with E-state index in [1.54, 1.807) is 5.51 Å². The first-order chi connectivity index (χ1) is 7.27. The Kier molecular flexibility index (Phi) is 2.54. The summed E-state index contributed by atoms with van der Waals surface area (Å²) in [6.07, 6.45) is 0. The quantitative estimate of drug-likeness (QED) is 0.486. The third-order valence-corrected chi connectivity index (χ3v) is 2.23.